The van der Waals surface area contributed by atoms with Crippen LogP contribution in [0.25, 0.3) is 11.3 Å². The van der Waals surface area contributed by atoms with Gasteiger partial charge in [0.15, 0.2) is 11.5 Å². The average molecular weight is 423 g/mol. The van der Waals surface area contributed by atoms with E-state index in [1.807, 2.05) is 36.4 Å². The highest BCUT2D eigenvalue weighted by atomic mass is 35.5. The Balaban J connectivity index is 1.27. The summed E-state index contributed by atoms with van der Waals surface area (Å²) in [6.07, 6.45) is 1.54. The van der Waals surface area contributed by atoms with Crippen molar-refractivity contribution in [2.45, 2.75) is 6.54 Å². The number of carbonyl (C=O) groups excluding carboxylic acids is 1. The van der Waals surface area contributed by atoms with Gasteiger partial charge in [-0.05, 0) is 42.0 Å². The number of carbonyl (C=O) groups is 1. The highest BCUT2D eigenvalue weighted by Crippen LogP contribution is 2.35. The molecule has 0 radical (unpaired) electrons. The van der Waals surface area contributed by atoms with E-state index in [0.717, 1.165) is 11.1 Å². The maximum absolute atomic E-state index is 12.5. The number of benzene rings is 2. The predicted octanol–water partition coefficient (Wildman–Crippen LogP) is 3.35. The van der Waals surface area contributed by atoms with Crippen molar-refractivity contribution in [1.82, 2.24) is 25.0 Å². The molecule has 0 aliphatic carbocycles. The quantitative estimate of drug-likeness (QED) is 0.510. The van der Waals surface area contributed by atoms with E-state index >= 15 is 0 Å². The number of aromatic amines is 1. The third-order valence-electron chi connectivity index (χ3n) is 4.49. The Labute approximate surface area is 175 Å². The molecule has 1 amide bonds. The SMILES string of the molecule is O=C(Nc1ncn(Cc2cccc(Cl)c2)n1)c1cc(-c2ccc3c(c2)OCO3)n[nH]1. The zero-order valence-electron chi connectivity index (χ0n) is 15.5. The number of halogens is 1. The van der Waals surface area contributed by atoms with Gasteiger partial charge in [-0.15, -0.1) is 5.10 Å². The highest BCUT2D eigenvalue weighted by Gasteiger charge is 2.17. The van der Waals surface area contributed by atoms with Crippen molar-refractivity contribution in [1.29, 1.82) is 0 Å². The number of aromatic nitrogens is 5. The molecular weight excluding hydrogens is 408 g/mol. The van der Waals surface area contributed by atoms with Crippen LogP contribution < -0.4 is 14.8 Å². The van der Waals surface area contributed by atoms with E-state index in [2.05, 4.69) is 25.6 Å². The van der Waals surface area contributed by atoms with Crippen LogP contribution >= 0.6 is 11.6 Å². The summed E-state index contributed by atoms with van der Waals surface area (Å²) < 4.78 is 12.3. The monoisotopic (exact) mass is 422 g/mol. The van der Waals surface area contributed by atoms with Gasteiger partial charge in [-0.2, -0.15) is 5.10 Å². The lowest BCUT2D eigenvalue weighted by atomic mass is 10.1. The zero-order chi connectivity index (χ0) is 20.5. The Bertz CT molecular complexity index is 1230. The van der Waals surface area contributed by atoms with Gasteiger partial charge in [-0.1, -0.05) is 23.7 Å². The first-order chi connectivity index (χ1) is 14.6. The van der Waals surface area contributed by atoms with Crippen molar-refractivity contribution in [2.75, 3.05) is 12.1 Å². The Hall–Kier alpha value is -3.85. The minimum absolute atomic E-state index is 0.196. The number of rotatable bonds is 5. The van der Waals surface area contributed by atoms with Gasteiger partial charge in [0.05, 0.1) is 12.2 Å². The van der Waals surface area contributed by atoms with Crippen molar-refractivity contribution < 1.29 is 14.3 Å². The van der Waals surface area contributed by atoms with E-state index in [1.54, 1.807) is 23.1 Å². The largest absolute Gasteiger partial charge is 0.454 e. The molecule has 30 heavy (non-hydrogen) atoms. The number of nitrogens with one attached hydrogen (secondary N) is 2. The minimum Gasteiger partial charge on any atom is -0.454 e. The van der Waals surface area contributed by atoms with Gasteiger partial charge >= 0.3 is 0 Å². The molecule has 0 unspecified atom stereocenters. The topological polar surface area (TPSA) is 107 Å². The predicted molar refractivity (Wildman–Crippen MR) is 109 cm³/mol. The van der Waals surface area contributed by atoms with Crippen LogP contribution in [0, 0.1) is 0 Å². The maximum Gasteiger partial charge on any atom is 0.276 e. The number of H-pyrrole nitrogens is 1. The second-order valence-corrected chi connectivity index (χ2v) is 7.02. The van der Waals surface area contributed by atoms with E-state index < -0.39 is 5.91 Å². The van der Waals surface area contributed by atoms with Gasteiger partial charge in [0.25, 0.3) is 5.91 Å². The van der Waals surface area contributed by atoms with Crippen LogP contribution in [-0.2, 0) is 6.54 Å². The molecule has 10 heteroatoms. The van der Waals surface area contributed by atoms with Crippen molar-refractivity contribution >= 4 is 23.5 Å². The van der Waals surface area contributed by atoms with E-state index in [0.29, 0.717) is 28.8 Å². The Morgan fingerprint density at radius 1 is 1.17 bits per heavy atom. The van der Waals surface area contributed by atoms with Crippen LogP contribution in [0.15, 0.2) is 54.9 Å². The average Bonchev–Trinajstić information content (AvgIpc) is 3.48. The first-order valence-corrected chi connectivity index (χ1v) is 9.42. The van der Waals surface area contributed by atoms with E-state index in [-0.39, 0.29) is 18.4 Å². The molecule has 0 fully saturated rings. The van der Waals surface area contributed by atoms with Crippen molar-refractivity contribution in [2.24, 2.45) is 0 Å². The van der Waals surface area contributed by atoms with Crippen molar-refractivity contribution in [3.8, 4) is 22.8 Å². The number of hydrogen-bond donors (Lipinski definition) is 2. The lowest BCUT2D eigenvalue weighted by Crippen LogP contribution is -2.14. The summed E-state index contributed by atoms with van der Waals surface area (Å²) in [6.45, 7) is 0.686. The molecular formula is C20H15ClN6O3. The van der Waals surface area contributed by atoms with Crippen molar-refractivity contribution in [3.05, 3.63) is 71.1 Å². The summed E-state index contributed by atoms with van der Waals surface area (Å²) in [7, 11) is 0. The van der Waals surface area contributed by atoms with Gasteiger partial charge in [0.2, 0.25) is 12.7 Å². The molecule has 4 aromatic rings. The summed E-state index contributed by atoms with van der Waals surface area (Å²) >= 11 is 6.00. The fourth-order valence-electron chi connectivity index (χ4n) is 3.06. The second-order valence-electron chi connectivity index (χ2n) is 6.58. The second kappa shape index (κ2) is 7.53. The van der Waals surface area contributed by atoms with E-state index in [1.165, 1.54) is 0 Å². The number of nitrogens with zero attached hydrogens (tertiary/aromatic N) is 4. The van der Waals surface area contributed by atoms with Crippen LogP contribution in [0.2, 0.25) is 5.02 Å². The van der Waals surface area contributed by atoms with E-state index in [9.17, 15) is 4.79 Å². The number of fused-ring (bicyclic) bond motifs is 1. The molecule has 0 saturated heterocycles. The van der Waals surface area contributed by atoms with Gasteiger partial charge in [0.1, 0.15) is 12.0 Å². The molecule has 1 aliphatic heterocycles. The molecule has 9 nitrogen and oxygen atoms in total. The van der Waals surface area contributed by atoms with Crippen LogP contribution in [0.3, 0.4) is 0 Å². The molecule has 0 bridgehead atoms. The Morgan fingerprint density at radius 2 is 2.07 bits per heavy atom. The molecule has 0 saturated carbocycles. The molecule has 0 atom stereocenters. The fourth-order valence-corrected chi connectivity index (χ4v) is 3.27. The summed E-state index contributed by atoms with van der Waals surface area (Å²) in [5.41, 5.74) is 2.68. The highest BCUT2D eigenvalue weighted by molar-refractivity contribution is 6.30. The number of amides is 1. The summed E-state index contributed by atoms with van der Waals surface area (Å²) in [5, 5.41) is 14.5. The molecule has 0 spiro atoms. The van der Waals surface area contributed by atoms with Crippen LogP contribution in [-0.4, -0.2) is 37.7 Å². The maximum atomic E-state index is 12.5. The van der Waals surface area contributed by atoms with Crippen LogP contribution in [0.5, 0.6) is 11.5 Å². The minimum atomic E-state index is -0.394. The normalized spacial score (nSPS) is 12.2. The summed E-state index contributed by atoms with van der Waals surface area (Å²) in [5.74, 6) is 1.14. The molecule has 5 rings (SSSR count). The van der Waals surface area contributed by atoms with Crippen LogP contribution in [0.1, 0.15) is 16.1 Å². The number of hydrogen-bond acceptors (Lipinski definition) is 6. The third kappa shape index (κ3) is 3.70. The molecule has 2 aromatic heterocycles. The first kappa shape index (κ1) is 18.2. The molecule has 1 aliphatic rings. The molecule has 3 heterocycles. The van der Waals surface area contributed by atoms with Gasteiger partial charge in [0, 0.05) is 10.6 Å². The van der Waals surface area contributed by atoms with E-state index in [4.69, 9.17) is 21.1 Å². The summed E-state index contributed by atoms with van der Waals surface area (Å²) in [6, 6.07) is 14.6. The first-order valence-electron chi connectivity index (χ1n) is 9.05. The smallest absolute Gasteiger partial charge is 0.276 e. The molecule has 2 N–H and O–H groups in total. The third-order valence-corrected chi connectivity index (χ3v) is 4.72. The standard InChI is InChI=1S/C20H15ClN6O3/c21-14-3-1-2-12(6-14)9-27-10-22-20(26-27)23-19(28)16-8-15(24-25-16)13-4-5-17-18(7-13)30-11-29-17/h1-8,10H,9,11H2,(H,24,25)(H,23,26,28). The zero-order valence-corrected chi connectivity index (χ0v) is 16.3. The Morgan fingerprint density at radius 3 is 2.97 bits per heavy atom. The number of ether oxygens (including phenoxy) is 2. The Kier molecular flexibility index (Phi) is 4.56. The molecule has 2 aromatic carbocycles. The van der Waals surface area contributed by atoms with Gasteiger partial charge in [-0.3, -0.25) is 15.2 Å². The van der Waals surface area contributed by atoms with Crippen molar-refractivity contribution in [3.63, 3.8) is 0 Å². The van der Waals surface area contributed by atoms with Gasteiger partial charge in [-0.25, -0.2) is 9.67 Å². The van der Waals surface area contributed by atoms with Crippen LogP contribution in [0.4, 0.5) is 5.95 Å². The fraction of sp³-hybridized carbons (Fsp3) is 0.100. The number of anilines is 1. The lowest BCUT2D eigenvalue weighted by molar-refractivity contribution is 0.102. The summed E-state index contributed by atoms with van der Waals surface area (Å²) in [4.78, 5) is 16.7. The molecule has 150 valence electrons. The van der Waals surface area contributed by atoms with Gasteiger partial charge < -0.3 is 9.47 Å². The lowest BCUT2D eigenvalue weighted by Gasteiger charge is -2.01.